The van der Waals surface area contributed by atoms with Gasteiger partial charge in [0.1, 0.15) is 0 Å². The summed E-state index contributed by atoms with van der Waals surface area (Å²) in [6.07, 6.45) is 2.85. The van der Waals surface area contributed by atoms with Crippen molar-refractivity contribution < 1.29 is 13.2 Å². The Kier molecular flexibility index (Phi) is 4.58. The number of rotatable bonds is 3. The van der Waals surface area contributed by atoms with Gasteiger partial charge in [-0.15, -0.1) is 0 Å². The molecule has 0 aromatic heterocycles. The molecule has 4 nitrogen and oxygen atoms in total. The molecule has 0 saturated carbocycles. The van der Waals surface area contributed by atoms with Crippen molar-refractivity contribution in [2.45, 2.75) is 61.8 Å². The lowest BCUT2D eigenvalue weighted by Crippen LogP contribution is -2.49. The molecule has 2 aliphatic rings. The van der Waals surface area contributed by atoms with Gasteiger partial charge in [-0.1, -0.05) is 35.4 Å². The van der Waals surface area contributed by atoms with Crippen LogP contribution in [-0.2, 0) is 9.84 Å². The van der Waals surface area contributed by atoms with Crippen molar-refractivity contribution in [1.29, 1.82) is 0 Å². The number of fused-ring (bicyclic) bond motifs is 2. The highest BCUT2D eigenvalue weighted by Gasteiger charge is 2.47. The quantitative estimate of drug-likeness (QED) is 0.807. The summed E-state index contributed by atoms with van der Waals surface area (Å²) in [6, 6.07) is 14.6. The fourth-order valence-electron chi connectivity index (χ4n) is 4.76. The molecule has 27 heavy (non-hydrogen) atoms. The first-order chi connectivity index (χ1) is 12.9. The molecular formula is C22H25NO3S. The number of nitrogens with zero attached hydrogens (tertiary/aromatic N) is 1. The summed E-state index contributed by atoms with van der Waals surface area (Å²) in [7, 11) is -3.35. The largest absolute Gasteiger partial charge is 0.333 e. The Morgan fingerprint density at radius 3 is 2.04 bits per heavy atom. The van der Waals surface area contributed by atoms with Gasteiger partial charge in [0.05, 0.1) is 10.1 Å². The number of benzene rings is 2. The minimum absolute atomic E-state index is 0.0144. The summed E-state index contributed by atoms with van der Waals surface area (Å²) in [5.41, 5.74) is 2.87. The molecule has 2 atom stereocenters. The van der Waals surface area contributed by atoms with Gasteiger partial charge in [-0.25, -0.2) is 8.42 Å². The molecular weight excluding hydrogens is 358 g/mol. The fraction of sp³-hybridized carbons (Fsp3) is 0.409. The topological polar surface area (TPSA) is 54.5 Å². The van der Waals surface area contributed by atoms with E-state index in [2.05, 4.69) is 6.07 Å². The third kappa shape index (κ3) is 3.29. The van der Waals surface area contributed by atoms with Gasteiger partial charge in [-0.2, -0.15) is 0 Å². The molecule has 2 saturated heterocycles. The number of hydrogen-bond acceptors (Lipinski definition) is 3. The maximum absolute atomic E-state index is 13.2. The van der Waals surface area contributed by atoms with E-state index < -0.39 is 15.1 Å². The Hall–Kier alpha value is -2.14. The van der Waals surface area contributed by atoms with Crippen LogP contribution in [0.2, 0.25) is 0 Å². The zero-order valence-corrected chi connectivity index (χ0v) is 16.6. The normalized spacial score (nSPS) is 24.8. The van der Waals surface area contributed by atoms with E-state index in [0.717, 1.165) is 24.0 Å². The molecule has 1 amide bonds. The number of carbonyl (C=O) groups is 1. The van der Waals surface area contributed by atoms with Crippen LogP contribution in [0, 0.1) is 13.8 Å². The van der Waals surface area contributed by atoms with E-state index in [0.29, 0.717) is 23.3 Å². The molecule has 2 aliphatic heterocycles. The van der Waals surface area contributed by atoms with Gasteiger partial charge < -0.3 is 4.90 Å². The molecule has 2 fully saturated rings. The van der Waals surface area contributed by atoms with Crippen molar-refractivity contribution in [3.8, 4) is 0 Å². The van der Waals surface area contributed by atoms with Crippen LogP contribution >= 0.6 is 0 Å². The Labute approximate surface area is 161 Å². The molecule has 2 aromatic rings. The SMILES string of the molecule is Cc1cc(C)cc(C(=O)N2C3CCC2CC(S(=O)(=O)c2ccccc2)C3)c1. The number of sulfone groups is 1. The van der Waals surface area contributed by atoms with E-state index in [4.69, 9.17) is 0 Å². The van der Waals surface area contributed by atoms with E-state index >= 15 is 0 Å². The van der Waals surface area contributed by atoms with Crippen LogP contribution < -0.4 is 0 Å². The summed E-state index contributed by atoms with van der Waals surface area (Å²) in [4.78, 5) is 15.5. The lowest BCUT2D eigenvalue weighted by atomic mass is 9.99. The Bertz CT molecular complexity index is 934. The molecule has 142 valence electrons. The molecule has 0 aliphatic carbocycles. The lowest BCUT2D eigenvalue weighted by molar-refractivity contribution is 0.0598. The lowest BCUT2D eigenvalue weighted by Gasteiger charge is -2.38. The van der Waals surface area contributed by atoms with Gasteiger partial charge in [-0.3, -0.25) is 4.79 Å². The van der Waals surface area contributed by atoms with Gasteiger partial charge in [-0.05, 0) is 63.8 Å². The van der Waals surface area contributed by atoms with E-state index in [1.807, 2.05) is 36.9 Å². The third-order valence-electron chi connectivity index (χ3n) is 5.90. The fourth-order valence-corrected chi connectivity index (χ4v) is 6.63. The minimum atomic E-state index is -3.35. The monoisotopic (exact) mass is 383 g/mol. The Balaban J connectivity index is 1.58. The smallest absolute Gasteiger partial charge is 0.254 e. The molecule has 4 rings (SSSR count). The first-order valence-corrected chi connectivity index (χ1v) is 11.1. The van der Waals surface area contributed by atoms with Crippen molar-refractivity contribution in [3.63, 3.8) is 0 Å². The van der Waals surface area contributed by atoms with E-state index in [9.17, 15) is 13.2 Å². The van der Waals surface area contributed by atoms with E-state index in [-0.39, 0.29) is 18.0 Å². The minimum Gasteiger partial charge on any atom is -0.333 e. The molecule has 2 unspecified atom stereocenters. The first-order valence-electron chi connectivity index (χ1n) is 9.56. The van der Waals surface area contributed by atoms with Crippen molar-refractivity contribution >= 4 is 15.7 Å². The number of piperidine rings is 1. The van der Waals surface area contributed by atoms with Crippen LogP contribution in [-0.4, -0.2) is 36.6 Å². The summed E-state index contributed by atoms with van der Waals surface area (Å²) in [5.74, 6) is 0.0462. The van der Waals surface area contributed by atoms with Gasteiger partial charge in [0.25, 0.3) is 5.91 Å². The molecule has 2 bridgehead atoms. The van der Waals surface area contributed by atoms with Crippen molar-refractivity contribution in [2.24, 2.45) is 0 Å². The Morgan fingerprint density at radius 1 is 0.926 bits per heavy atom. The highest BCUT2D eigenvalue weighted by atomic mass is 32.2. The number of aryl methyl sites for hydroxylation is 2. The van der Waals surface area contributed by atoms with Gasteiger partial charge in [0.15, 0.2) is 9.84 Å². The highest BCUT2D eigenvalue weighted by Crippen LogP contribution is 2.40. The maximum Gasteiger partial charge on any atom is 0.254 e. The predicted octanol–water partition coefficient (Wildman–Crippen LogP) is 3.91. The zero-order valence-electron chi connectivity index (χ0n) is 15.8. The Morgan fingerprint density at radius 2 is 1.48 bits per heavy atom. The highest BCUT2D eigenvalue weighted by molar-refractivity contribution is 7.92. The summed E-state index contributed by atoms with van der Waals surface area (Å²) in [6.45, 7) is 3.99. The predicted molar refractivity (Wildman–Crippen MR) is 106 cm³/mol. The average Bonchev–Trinajstić information content (AvgIpc) is 2.90. The average molecular weight is 384 g/mol. The van der Waals surface area contributed by atoms with Gasteiger partial charge in [0.2, 0.25) is 0 Å². The van der Waals surface area contributed by atoms with Crippen molar-refractivity contribution in [2.75, 3.05) is 0 Å². The van der Waals surface area contributed by atoms with Crippen LogP contribution in [0.5, 0.6) is 0 Å². The maximum atomic E-state index is 13.2. The van der Waals surface area contributed by atoms with Crippen LogP contribution in [0.15, 0.2) is 53.4 Å². The standard InChI is InChI=1S/C22H25NO3S/c1-15-10-16(2)12-17(11-15)22(24)23-18-8-9-19(23)14-21(13-18)27(25,26)20-6-4-3-5-7-20/h3-7,10-12,18-19,21H,8-9,13-14H2,1-2H3. The first kappa shape index (κ1) is 18.2. The number of carbonyl (C=O) groups excluding carboxylic acids is 1. The molecule has 2 heterocycles. The van der Waals surface area contributed by atoms with E-state index in [1.54, 1.807) is 24.3 Å². The van der Waals surface area contributed by atoms with Crippen LogP contribution in [0.3, 0.4) is 0 Å². The van der Waals surface area contributed by atoms with Crippen molar-refractivity contribution in [3.05, 3.63) is 65.2 Å². The molecule has 0 N–H and O–H groups in total. The summed E-state index contributed by atoms with van der Waals surface area (Å²) in [5, 5.41) is -0.402. The second kappa shape index (κ2) is 6.79. The van der Waals surface area contributed by atoms with Gasteiger partial charge >= 0.3 is 0 Å². The van der Waals surface area contributed by atoms with Crippen LogP contribution in [0.4, 0.5) is 0 Å². The van der Waals surface area contributed by atoms with Crippen molar-refractivity contribution in [1.82, 2.24) is 4.90 Å². The third-order valence-corrected chi connectivity index (χ3v) is 8.10. The second-order valence-corrected chi connectivity index (χ2v) is 10.2. The molecule has 0 spiro atoms. The molecule has 5 heteroatoms. The van der Waals surface area contributed by atoms with Crippen LogP contribution in [0.25, 0.3) is 0 Å². The zero-order chi connectivity index (χ0) is 19.2. The molecule has 2 aromatic carbocycles. The van der Waals surface area contributed by atoms with Gasteiger partial charge in [0, 0.05) is 17.6 Å². The van der Waals surface area contributed by atoms with Crippen LogP contribution in [0.1, 0.15) is 47.2 Å². The van der Waals surface area contributed by atoms with E-state index in [1.165, 1.54) is 0 Å². The number of hydrogen-bond donors (Lipinski definition) is 0. The second-order valence-electron chi connectivity index (χ2n) is 7.93. The summed E-state index contributed by atoms with van der Waals surface area (Å²) >= 11 is 0. The number of amides is 1. The molecule has 0 radical (unpaired) electrons. The summed E-state index contributed by atoms with van der Waals surface area (Å²) < 4.78 is 26.1.